The Morgan fingerprint density at radius 2 is 1.83 bits per heavy atom. The quantitative estimate of drug-likeness (QED) is 0.641. The molecule has 0 radical (unpaired) electrons. The van der Waals surface area contributed by atoms with Gasteiger partial charge in [-0.25, -0.2) is 14.3 Å². The largest absolute Gasteiger partial charge is 0.476 e. The molecule has 2 heterocycles. The second-order valence-electron chi connectivity index (χ2n) is 6.68. The molecule has 0 unspecified atom stereocenters. The number of fused-ring (bicyclic) bond motifs is 1. The van der Waals surface area contributed by atoms with Crippen molar-refractivity contribution in [2.75, 3.05) is 6.54 Å². The average molecular weight is 456 g/mol. The van der Waals surface area contributed by atoms with E-state index < -0.39 is 12.1 Å². The monoisotopic (exact) mass is 455 g/mol. The van der Waals surface area contributed by atoms with E-state index in [2.05, 4.69) is 21.0 Å². The first-order chi connectivity index (χ1) is 14.0. The zero-order chi connectivity index (χ0) is 20.4. The Morgan fingerprint density at radius 3 is 2.52 bits per heavy atom. The summed E-state index contributed by atoms with van der Waals surface area (Å²) in [5, 5.41) is 13.9. The lowest BCUT2D eigenvalue weighted by molar-refractivity contribution is 0.0682. The minimum Gasteiger partial charge on any atom is -0.476 e. The highest BCUT2D eigenvalue weighted by Crippen LogP contribution is 2.26. The molecule has 3 aromatic rings. The molecular weight excluding hydrogens is 438 g/mol. The van der Waals surface area contributed by atoms with Crippen LogP contribution in [0.15, 0.2) is 59.1 Å². The number of benzene rings is 2. The van der Waals surface area contributed by atoms with Gasteiger partial charge in [-0.2, -0.15) is 5.10 Å². The molecule has 0 saturated carbocycles. The van der Waals surface area contributed by atoms with Gasteiger partial charge in [0.05, 0.1) is 17.9 Å². The molecule has 1 aromatic heterocycles. The Bertz CT molecular complexity index is 1050. The van der Waals surface area contributed by atoms with E-state index in [1.165, 1.54) is 4.90 Å². The van der Waals surface area contributed by atoms with Crippen LogP contribution in [0.2, 0.25) is 0 Å². The summed E-state index contributed by atoms with van der Waals surface area (Å²) < 4.78 is 7.97. The number of nitrogens with zero attached hydrogens (tertiary/aromatic N) is 3. The number of carboxylic acid groups (broad SMARTS) is 1. The fourth-order valence-corrected chi connectivity index (χ4v) is 3.62. The Morgan fingerprint density at radius 1 is 1.10 bits per heavy atom. The lowest BCUT2D eigenvalue weighted by atomic mass is 10.1. The van der Waals surface area contributed by atoms with Crippen LogP contribution in [0.4, 0.5) is 4.79 Å². The first-order valence-corrected chi connectivity index (χ1v) is 9.88. The van der Waals surface area contributed by atoms with E-state index in [0.29, 0.717) is 18.5 Å². The predicted molar refractivity (Wildman–Crippen MR) is 109 cm³/mol. The number of carbonyl (C=O) groups is 2. The molecule has 0 atom stereocenters. The maximum Gasteiger partial charge on any atom is 0.410 e. The van der Waals surface area contributed by atoms with Crippen molar-refractivity contribution in [1.29, 1.82) is 0 Å². The Balaban J connectivity index is 1.56. The fourth-order valence-electron chi connectivity index (χ4n) is 3.35. The Kier molecular flexibility index (Phi) is 5.35. The highest BCUT2D eigenvalue weighted by molar-refractivity contribution is 9.10. The molecule has 2 aromatic carbocycles. The van der Waals surface area contributed by atoms with E-state index in [1.54, 1.807) is 4.68 Å². The summed E-state index contributed by atoms with van der Waals surface area (Å²) in [6, 6.07) is 16.9. The van der Waals surface area contributed by atoms with Crippen molar-refractivity contribution in [3.8, 4) is 5.69 Å². The summed E-state index contributed by atoms with van der Waals surface area (Å²) in [5.41, 5.74) is 2.98. The van der Waals surface area contributed by atoms with Gasteiger partial charge in [0, 0.05) is 23.0 Å². The first-order valence-electron chi connectivity index (χ1n) is 9.08. The van der Waals surface area contributed by atoms with Crippen molar-refractivity contribution in [2.24, 2.45) is 0 Å². The lowest BCUT2D eigenvalue weighted by Crippen LogP contribution is -2.37. The maximum absolute atomic E-state index is 12.5. The van der Waals surface area contributed by atoms with Crippen LogP contribution in [-0.4, -0.2) is 38.4 Å². The van der Waals surface area contributed by atoms with E-state index in [4.69, 9.17) is 4.74 Å². The number of aromatic carboxylic acids is 1. The molecule has 1 N–H and O–H groups in total. The highest BCUT2D eigenvalue weighted by Gasteiger charge is 2.31. The van der Waals surface area contributed by atoms with E-state index in [0.717, 1.165) is 21.4 Å². The molecule has 8 heteroatoms. The number of amides is 1. The van der Waals surface area contributed by atoms with Crippen molar-refractivity contribution in [3.63, 3.8) is 0 Å². The van der Waals surface area contributed by atoms with Gasteiger partial charge in [-0.3, -0.25) is 0 Å². The zero-order valence-electron chi connectivity index (χ0n) is 15.4. The van der Waals surface area contributed by atoms with Gasteiger partial charge in [0.15, 0.2) is 5.69 Å². The third-order valence-electron chi connectivity index (χ3n) is 4.79. The summed E-state index contributed by atoms with van der Waals surface area (Å²) in [5.74, 6) is -1.11. The molecule has 0 spiro atoms. The number of hydrogen-bond acceptors (Lipinski definition) is 4. The normalized spacial score (nSPS) is 13.1. The van der Waals surface area contributed by atoms with E-state index in [9.17, 15) is 14.7 Å². The first kappa shape index (κ1) is 19.2. The fraction of sp³-hybridized carbons (Fsp3) is 0.190. The molecule has 1 amide bonds. The van der Waals surface area contributed by atoms with E-state index in [-0.39, 0.29) is 18.8 Å². The minimum absolute atomic E-state index is 0.0384. The summed E-state index contributed by atoms with van der Waals surface area (Å²) >= 11 is 3.39. The summed E-state index contributed by atoms with van der Waals surface area (Å²) in [4.78, 5) is 25.8. The van der Waals surface area contributed by atoms with Gasteiger partial charge in [0.25, 0.3) is 0 Å². The summed E-state index contributed by atoms with van der Waals surface area (Å²) in [6.07, 6.45) is 0.0267. The Labute approximate surface area is 175 Å². The second-order valence-corrected chi connectivity index (χ2v) is 7.59. The predicted octanol–water partition coefficient (Wildman–Crippen LogP) is 4.03. The van der Waals surface area contributed by atoms with Crippen molar-refractivity contribution < 1.29 is 19.4 Å². The molecule has 0 saturated heterocycles. The lowest BCUT2D eigenvalue weighted by Gasteiger charge is -2.27. The molecule has 1 aliphatic heterocycles. The van der Waals surface area contributed by atoms with Crippen molar-refractivity contribution in [3.05, 3.63) is 81.6 Å². The van der Waals surface area contributed by atoms with Crippen LogP contribution >= 0.6 is 15.9 Å². The molecule has 0 fully saturated rings. The van der Waals surface area contributed by atoms with Gasteiger partial charge in [0.2, 0.25) is 0 Å². The maximum atomic E-state index is 12.5. The zero-order valence-corrected chi connectivity index (χ0v) is 17.0. The number of halogens is 1. The van der Waals surface area contributed by atoms with Crippen LogP contribution in [0, 0.1) is 0 Å². The van der Waals surface area contributed by atoms with Crippen LogP contribution in [0.3, 0.4) is 0 Å². The van der Waals surface area contributed by atoms with Crippen LogP contribution in [0.1, 0.15) is 27.3 Å². The van der Waals surface area contributed by atoms with Gasteiger partial charge in [-0.15, -0.1) is 0 Å². The molecule has 148 valence electrons. The third-order valence-corrected chi connectivity index (χ3v) is 5.32. The van der Waals surface area contributed by atoms with Gasteiger partial charge < -0.3 is 14.7 Å². The van der Waals surface area contributed by atoms with Gasteiger partial charge >= 0.3 is 12.1 Å². The highest BCUT2D eigenvalue weighted by atomic mass is 79.9. The number of carbonyl (C=O) groups excluding carboxylic acids is 1. The topological polar surface area (TPSA) is 84.7 Å². The third kappa shape index (κ3) is 4.02. The molecular formula is C21H18BrN3O4. The van der Waals surface area contributed by atoms with E-state index in [1.807, 2.05) is 54.6 Å². The molecule has 29 heavy (non-hydrogen) atoms. The summed E-state index contributed by atoms with van der Waals surface area (Å²) in [6.45, 7) is 0.760. The van der Waals surface area contributed by atoms with Crippen LogP contribution in [-0.2, 0) is 24.3 Å². The van der Waals surface area contributed by atoms with Crippen molar-refractivity contribution in [1.82, 2.24) is 14.7 Å². The van der Waals surface area contributed by atoms with E-state index >= 15 is 0 Å². The van der Waals surface area contributed by atoms with Crippen LogP contribution in [0.25, 0.3) is 5.69 Å². The number of hydrogen-bond donors (Lipinski definition) is 1. The number of carboxylic acids is 1. The number of aromatic nitrogens is 2. The van der Waals surface area contributed by atoms with Gasteiger partial charge in [-0.1, -0.05) is 46.3 Å². The molecule has 0 aliphatic carbocycles. The Hall–Kier alpha value is -3.13. The molecule has 4 rings (SSSR count). The number of ether oxygens (including phenoxy) is 1. The molecule has 0 bridgehead atoms. The van der Waals surface area contributed by atoms with Crippen LogP contribution in [0.5, 0.6) is 0 Å². The summed E-state index contributed by atoms with van der Waals surface area (Å²) in [7, 11) is 0. The average Bonchev–Trinajstić information content (AvgIpc) is 3.12. The number of rotatable bonds is 4. The van der Waals surface area contributed by atoms with Gasteiger partial charge in [-0.05, 0) is 29.8 Å². The smallest absolute Gasteiger partial charge is 0.410 e. The van der Waals surface area contributed by atoms with Crippen molar-refractivity contribution in [2.45, 2.75) is 19.6 Å². The van der Waals surface area contributed by atoms with Gasteiger partial charge in [0.1, 0.15) is 6.61 Å². The molecule has 7 nitrogen and oxygen atoms in total. The SMILES string of the molecule is O=C(O)c1nn(-c2ccc(Br)cc2)c2c1CN(C(=O)OCc1ccccc1)CC2. The second kappa shape index (κ2) is 8.08. The standard InChI is InChI=1S/C21H18BrN3O4/c22-15-6-8-16(9-7-15)25-18-10-11-24(12-17(18)19(23-25)20(26)27)21(28)29-13-14-4-2-1-3-5-14/h1-9H,10-13H2,(H,26,27). The molecule has 1 aliphatic rings. The van der Waals surface area contributed by atoms with Crippen molar-refractivity contribution >= 4 is 28.0 Å². The minimum atomic E-state index is -1.11. The van der Waals surface area contributed by atoms with Crippen LogP contribution < -0.4 is 0 Å².